The Labute approximate surface area is 123 Å². The number of pyridine rings is 1. The Morgan fingerprint density at radius 1 is 1.60 bits per heavy atom. The molecule has 3 N–H and O–H groups in total. The number of nitrogens with zero attached hydrogens (tertiary/aromatic N) is 1. The molecule has 2 rings (SSSR count). The molecule has 1 fully saturated rings. The zero-order valence-electron chi connectivity index (χ0n) is 11.4. The van der Waals surface area contributed by atoms with E-state index in [1.807, 2.05) is 0 Å². The average Bonchev–Trinajstić information content (AvgIpc) is 2.38. The topological polar surface area (TPSA) is 82.5 Å². The van der Waals surface area contributed by atoms with Crippen LogP contribution < -0.4 is 5.32 Å². The van der Waals surface area contributed by atoms with Crippen molar-refractivity contribution in [3.05, 3.63) is 22.8 Å². The van der Waals surface area contributed by atoms with E-state index in [9.17, 15) is 15.0 Å². The Balaban J connectivity index is 2.31. The molecule has 1 aliphatic carbocycles. The van der Waals surface area contributed by atoms with Crippen LogP contribution in [0.15, 0.2) is 12.1 Å². The Morgan fingerprint density at radius 2 is 2.35 bits per heavy atom. The van der Waals surface area contributed by atoms with Gasteiger partial charge in [0.1, 0.15) is 16.5 Å². The zero-order chi connectivity index (χ0) is 14.8. The second kappa shape index (κ2) is 5.97. The van der Waals surface area contributed by atoms with E-state index in [1.54, 1.807) is 0 Å². The number of aromatic nitrogens is 1. The number of nitrogens with one attached hydrogen (secondary N) is 1. The number of rotatable bonds is 4. The number of hydrogen-bond donors (Lipinski definition) is 3. The second-order valence-electron chi connectivity index (χ2n) is 5.60. The van der Waals surface area contributed by atoms with Gasteiger partial charge in [-0.1, -0.05) is 31.4 Å². The Bertz CT molecular complexity index is 509. The molecule has 20 heavy (non-hydrogen) atoms. The van der Waals surface area contributed by atoms with Gasteiger partial charge in [-0.25, -0.2) is 9.78 Å². The van der Waals surface area contributed by atoms with Crippen molar-refractivity contribution in [3.8, 4) is 0 Å². The summed E-state index contributed by atoms with van der Waals surface area (Å²) < 4.78 is 0. The summed E-state index contributed by atoms with van der Waals surface area (Å²) in [6.45, 7) is 2.08. The van der Waals surface area contributed by atoms with Crippen LogP contribution in [-0.2, 0) is 0 Å². The molecule has 0 spiro atoms. The highest BCUT2D eigenvalue weighted by molar-refractivity contribution is 6.29. The first-order chi connectivity index (χ1) is 9.46. The van der Waals surface area contributed by atoms with Crippen molar-refractivity contribution in [2.45, 2.75) is 38.1 Å². The molecular formula is C14H19ClN2O3. The summed E-state index contributed by atoms with van der Waals surface area (Å²) >= 11 is 5.85. The lowest BCUT2D eigenvalue weighted by molar-refractivity contribution is 0.0697. The Hall–Kier alpha value is -1.33. The van der Waals surface area contributed by atoms with E-state index in [2.05, 4.69) is 17.2 Å². The predicted octanol–water partition coefficient (Wildman–Crippen LogP) is 2.79. The maximum atomic E-state index is 11.2. The van der Waals surface area contributed by atoms with Crippen molar-refractivity contribution in [1.29, 1.82) is 0 Å². The first kappa shape index (κ1) is 15.1. The largest absolute Gasteiger partial charge is 0.478 e. The maximum Gasteiger partial charge on any atom is 0.339 e. The van der Waals surface area contributed by atoms with Crippen molar-refractivity contribution < 1.29 is 15.0 Å². The van der Waals surface area contributed by atoms with Gasteiger partial charge in [-0.15, -0.1) is 0 Å². The SMILES string of the molecule is CC1CCCC(CO)(Nc2nc(Cl)ccc2C(=O)O)C1. The molecule has 2 unspecified atom stereocenters. The molecule has 0 saturated heterocycles. The van der Waals surface area contributed by atoms with E-state index in [0.29, 0.717) is 5.92 Å². The molecule has 1 aromatic heterocycles. The van der Waals surface area contributed by atoms with Crippen LogP contribution in [0.4, 0.5) is 5.82 Å². The van der Waals surface area contributed by atoms with E-state index in [1.165, 1.54) is 12.1 Å². The number of halogens is 1. The fourth-order valence-corrected chi connectivity index (χ4v) is 3.06. The third-order valence-corrected chi connectivity index (χ3v) is 4.08. The van der Waals surface area contributed by atoms with Gasteiger partial charge in [0.05, 0.1) is 12.1 Å². The monoisotopic (exact) mass is 298 g/mol. The first-order valence-electron chi connectivity index (χ1n) is 6.75. The molecule has 1 saturated carbocycles. The summed E-state index contributed by atoms with van der Waals surface area (Å²) in [5.74, 6) is -0.349. The molecule has 0 bridgehead atoms. The van der Waals surface area contributed by atoms with Gasteiger partial charge in [-0.2, -0.15) is 0 Å². The molecule has 2 atom stereocenters. The van der Waals surface area contributed by atoms with Gasteiger partial charge in [0.15, 0.2) is 0 Å². The Kier molecular flexibility index (Phi) is 4.50. The summed E-state index contributed by atoms with van der Waals surface area (Å²) in [5, 5.41) is 22.3. The predicted molar refractivity (Wildman–Crippen MR) is 77.3 cm³/mol. The minimum absolute atomic E-state index is 0.0510. The number of aliphatic hydroxyl groups excluding tert-OH is 1. The van der Waals surface area contributed by atoms with E-state index in [4.69, 9.17) is 11.6 Å². The highest BCUT2D eigenvalue weighted by Gasteiger charge is 2.35. The minimum atomic E-state index is -1.06. The van der Waals surface area contributed by atoms with Crippen LogP contribution in [-0.4, -0.2) is 33.3 Å². The van der Waals surface area contributed by atoms with Gasteiger partial charge in [0.25, 0.3) is 0 Å². The van der Waals surface area contributed by atoms with E-state index >= 15 is 0 Å². The highest BCUT2D eigenvalue weighted by atomic mass is 35.5. The maximum absolute atomic E-state index is 11.2. The van der Waals surface area contributed by atoms with Crippen molar-refractivity contribution in [1.82, 2.24) is 4.98 Å². The van der Waals surface area contributed by atoms with Crippen molar-refractivity contribution in [3.63, 3.8) is 0 Å². The van der Waals surface area contributed by atoms with Gasteiger partial charge >= 0.3 is 5.97 Å². The van der Waals surface area contributed by atoms with Crippen LogP contribution in [0.3, 0.4) is 0 Å². The van der Waals surface area contributed by atoms with Crippen molar-refractivity contribution in [2.24, 2.45) is 5.92 Å². The van der Waals surface area contributed by atoms with Crippen LogP contribution in [0.25, 0.3) is 0 Å². The van der Waals surface area contributed by atoms with Crippen molar-refractivity contribution in [2.75, 3.05) is 11.9 Å². The van der Waals surface area contributed by atoms with E-state index in [-0.39, 0.29) is 23.1 Å². The standard InChI is InChI=1S/C14H19ClN2O3/c1-9-3-2-6-14(7-9,8-18)17-12-10(13(19)20)4-5-11(15)16-12/h4-5,9,18H,2-3,6-8H2,1H3,(H,16,17)(H,19,20). The Morgan fingerprint density at radius 3 is 2.95 bits per heavy atom. The third-order valence-electron chi connectivity index (χ3n) is 3.87. The first-order valence-corrected chi connectivity index (χ1v) is 7.12. The molecule has 5 nitrogen and oxygen atoms in total. The molecule has 0 aromatic carbocycles. The van der Waals surface area contributed by atoms with Gasteiger partial charge in [0, 0.05) is 0 Å². The van der Waals surface area contributed by atoms with E-state index < -0.39 is 11.5 Å². The van der Waals surface area contributed by atoms with Gasteiger partial charge in [0.2, 0.25) is 0 Å². The second-order valence-corrected chi connectivity index (χ2v) is 5.99. The van der Waals surface area contributed by atoms with Crippen LogP contribution in [0.1, 0.15) is 43.0 Å². The lowest BCUT2D eigenvalue weighted by Crippen LogP contribution is -2.46. The van der Waals surface area contributed by atoms with Crippen LogP contribution >= 0.6 is 11.6 Å². The molecule has 0 aliphatic heterocycles. The van der Waals surface area contributed by atoms with Crippen LogP contribution in [0.5, 0.6) is 0 Å². The lowest BCUT2D eigenvalue weighted by atomic mass is 9.77. The molecule has 6 heteroatoms. The quantitative estimate of drug-likeness (QED) is 0.745. The number of carbonyl (C=O) groups is 1. The normalized spacial score (nSPS) is 26.2. The molecule has 110 valence electrons. The number of aliphatic hydroxyl groups is 1. The summed E-state index contributed by atoms with van der Waals surface area (Å²) in [7, 11) is 0. The fourth-order valence-electron chi connectivity index (χ4n) is 2.91. The summed E-state index contributed by atoms with van der Waals surface area (Å²) in [6, 6.07) is 2.88. The molecule has 0 amide bonds. The van der Waals surface area contributed by atoms with Gasteiger partial charge in [-0.3, -0.25) is 0 Å². The van der Waals surface area contributed by atoms with Crippen LogP contribution in [0, 0.1) is 5.92 Å². The molecule has 1 aromatic rings. The number of aromatic carboxylic acids is 1. The average molecular weight is 299 g/mol. The fraction of sp³-hybridized carbons (Fsp3) is 0.571. The summed E-state index contributed by atoms with van der Waals surface area (Å²) in [5.41, 5.74) is -0.444. The number of anilines is 1. The lowest BCUT2D eigenvalue weighted by Gasteiger charge is -2.40. The highest BCUT2D eigenvalue weighted by Crippen LogP contribution is 2.35. The number of hydrogen-bond acceptors (Lipinski definition) is 4. The zero-order valence-corrected chi connectivity index (χ0v) is 12.2. The molecule has 1 aliphatic rings. The number of carboxylic acids is 1. The van der Waals surface area contributed by atoms with E-state index in [0.717, 1.165) is 25.7 Å². The number of carboxylic acid groups (broad SMARTS) is 1. The van der Waals surface area contributed by atoms with Gasteiger partial charge < -0.3 is 15.5 Å². The molecular weight excluding hydrogens is 280 g/mol. The minimum Gasteiger partial charge on any atom is -0.478 e. The molecule has 0 radical (unpaired) electrons. The summed E-state index contributed by atoms with van der Waals surface area (Å²) in [4.78, 5) is 15.3. The van der Waals surface area contributed by atoms with Crippen LogP contribution in [0.2, 0.25) is 5.15 Å². The third kappa shape index (κ3) is 3.22. The van der Waals surface area contributed by atoms with Crippen molar-refractivity contribution >= 4 is 23.4 Å². The summed E-state index contributed by atoms with van der Waals surface area (Å²) in [6.07, 6.45) is 3.70. The molecule has 1 heterocycles. The smallest absolute Gasteiger partial charge is 0.339 e. The van der Waals surface area contributed by atoms with Gasteiger partial charge in [-0.05, 0) is 30.9 Å².